The van der Waals surface area contributed by atoms with Gasteiger partial charge in [-0.05, 0) is 71.9 Å². The third kappa shape index (κ3) is 5.67. The molecule has 0 amide bonds. The highest BCUT2D eigenvalue weighted by atomic mass is 32.1. The standard InChI is InChI=1S/C28H26N2O5S/c1-34-25-14-18(8-10-23(25)31)12-20-16-30(28(36)29-22-6-4-3-5-7-22)17-21(27(20)33)13-19-9-11-24(32)26(15-19)35-2/h3-15,31-32H,16-17H2,1-2H3,(H,29,36). The van der Waals surface area contributed by atoms with E-state index in [1.807, 2.05) is 35.2 Å². The van der Waals surface area contributed by atoms with Crippen LogP contribution in [0, 0.1) is 0 Å². The number of ketones is 1. The van der Waals surface area contributed by atoms with Crippen LogP contribution in [0.3, 0.4) is 0 Å². The summed E-state index contributed by atoms with van der Waals surface area (Å²) in [6, 6.07) is 19.4. The molecule has 3 N–H and O–H groups in total. The molecule has 4 rings (SSSR count). The maximum atomic E-state index is 13.5. The molecule has 0 spiro atoms. The topological polar surface area (TPSA) is 91.3 Å². The molecular weight excluding hydrogens is 476 g/mol. The Morgan fingerprint density at radius 3 is 1.83 bits per heavy atom. The van der Waals surface area contributed by atoms with E-state index in [0.717, 1.165) is 5.69 Å². The van der Waals surface area contributed by atoms with Crippen LogP contribution in [0.2, 0.25) is 0 Å². The second kappa shape index (κ2) is 11.0. The van der Waals surface area contributed by atoms with Gasteiger partial charge in [-0.15, -0.1) is 0 Å². The van der Waals surface area contributed by atoms with Crippen LogP contribution < -0.4 is 14.8 Å². The van der Waals surface area contributed by atoms with E-state index in [4.69, 9.17) is 21.7 Å². The fourth-order valence-electron chi connectivity index (χ4n) is 3.88. The molecule has 8 heteroatoms. The van der Waals surface area contributed by atoms with Crippen LogP contribution in [0.1, 0.15) is 11.1 Å². The van der Waals surface area contributed by atoms with Crippen molar-refractivity contribution in [3.63, 3.8) is 0 Å². The highest BCUT2D eigenvalue weighted by Gasteiger charge is 2.28. The molecule has 36 heavy (non-hydrogen) atoms. The predicted octanol–water partition coefficient (Wildman–Crippen LogP) is 4.86. The minimum Gasteiger partial charge on any atom is -0.504 e. The molecule has 1 heterocycles. The zero-order chi connectivity index (χ0) is 25.7. The number of piperidine rings is 1. The van der Waals surface area contributed by atoms with Gasteiger partial charge in [0.1, 0.15) is 0 Å². The first kappa shape index (κ1) is 24.8. The van der Waals surface area contributed by atoms with Gasteiger partial charge < -0.3 is 29.9 Å². The number of anilines is 1. The summed E-state index contributed by atoms with van der Waals surface area (Å²) in [6.45, 7) is 0.605. The van der Waals surface area contributed by atoms with Gasteiger partial charge in [0.2, 0.25) is 0 Å². The van der Waals surface area contributed by atoms with Crippen LogP contribution in [0.4, 0.5) is 5.69 Å². The van der Waals surface area contributed by atoms with Gasteiger partial charge in [-0.25, -0.2) is 0 Å². The number of thiocarbonyl (C=S) groups is 1. The first-order valence-corrected chi connectivity index (χ1v) is 11.6. The molecule has 7 nitrogen and oxygen atoms in total. The Morgan fingerprint density at radius 2 is 1.36 bits per heavy atom. The summed E-state index contributed by atoms with van der Waals surface area (Å²) in [6.07, 6.45) is 3.54. The molecule has 0 aromatic heterocycles. The average molecular weight is 503 g/mol. The Labute approximate surface area is 214 Å². The predicted molar refractivity (Wildman–Crippen MR) is 145 cm³/mol. The van der Waals surface area contributed by atoms with Gasteiger partial charge in [-0.1, -0.05) is 30.3 Å². The Kier molecular flexibility index (Phi) is 7.56. The molecule has 0 aliphatic carbocycles. The average Bonchev–Trinajstić information content (AvgIpc) is 2.89. The summed E-state index contributed by atoms with van der Waals surface area (Å²) < 4.78 is 10.4. The maximum absolute atomic E-state index is 13.5. The fraction of sp³-hybridized carbons (Fsp3) is 0.143. The third-order valence-electron chi connectivity index (χ3n) is 5.71. The minimum absolute atomic E-state index is 0.0198. The van der Waals surface area contributed by atoms with Crippen LogP contribution in [0.25, 0.3) is 12.2 Å². The fourth-order valence-corrected chi connectivity index (χ4v) is 4.12. The number of rotatable bonds is 5. The Hall–Kier alpha value is -4.30. The van der Waals surface area contributed by atoms with E-state index in [1.165, 1.54) is 26.4 Å². The molecule has 0 unspecified atom stereocenters. The minimum atomic E-state index is -0.118. The Bertz CT molecular complexity index is 1280. The number of para-hydroxylation sites is 1. The number of aromatic hydroxyl groups is 2. The van der Waals surface area contributed by atoms with Gasteiger partial charge in [0.05, 0.1) is 14.2 Å². The lowest BCUT2D eigenvalue weighted by molar-refractivity contribution is -0.113. The zero-order valence-corrected chi connectivity index (χ0v) is 20.7. The summed E-state index contributed by atoms with van der Waals surface area (Å²) >= 11 is 5.69. The second-order valence-corrected chi connectivity index (χ2v) is 8.57. The first-order chi connectivity index (χ1) is 17.4. The number of hydrogen-bond acceptors (Lipinski definition) is 6. The van der Waals surface area contributed by atoms with Gasteiger partial charge >= 0.3 is 0 Å². The number of hydrogen-bond donors (Lipinski definition) is 3. The smallest absolute Gasteiger partial charge is 0.188 e. The number of nitrogens with one attached hydrogen (secondary N) is 1. The first-order valence-electron chi connectivity index (χ1n) is 11.2. The van der Waals surface area contributed by atoms with Crippen molar-refractivity contribution in [2.75, 3.05) is 32.6 Å². The van der Waals surface area contributed by atoms with E-state index in [-0.39, 0.29) is 17.3 Å². The van der Waals surface area contributed by atoms with Crippen LogP contribution in [0.15, 0.2) is 77.9 Å². The summed E-state index contributed by atoms with van der Waals surface area (Å²) in [5.74, 6) is 0.556. The lowest BCUT2D eigenvalue weighted by atomic mass is 9.94. The Morgan fingerprint density at radius 1 is 0.861 bits per heavy atom. The molecule has 0 radical (unpaired) electrons. The number of nitrogens with zero attached hydrogens (tertiary/aromatic N) is 1. The number of carbonyl (C=O) groups is 1. The molecular formula is C28H26N2O5S. The van der Waals surface area contributed by atoms with Crippen LogP contribution >= 0.6 is 12.2 Å². The molecule has 1 saturated heterocycles. The van der Waals surface area contributed by atoms with Crippen molar-refractivity contribution in [3.8, 4) is 23.0 Å². The van der Waals surface area contributed by atoms with Crippen LogP contribution in [-0.4, -0.2) is 53.3 Å². The van der Waals surface area contributed by atoms with E-state index in [0.29, 0.717) is 52.0 Å². The van der Waals surface area contributed by atoms with Crippen molar-refractivity contribution in [2.24, 2.45) is 0 Å². The van der Waals surface area contributed by atoms with E-state index < -0.39 is 0 Å². The molecule has 3 aromatic carbocycles. The van der Waals surface area contributed by atoms with E-state index >= 15 is 0 Å². The van der Waals surface area contributed by atoms with Gasteiger partial charge in [0.25, 0.3) is 0 Å². The number of methoxy groups -OCH3 is 2. The summed E-state index contributed by atoms with van der Waals surface area (Å²) in [4.78, 5) is 15.4. The number of phenolic OH excluding ortho intramolecular Hbond substituents is 2. The highest BCUT2D eigenvalue weighted by Crippen LogP contribution is 2.30. The maximum Gasteiger partial charge on any atom is 0.188 e. The molecule has 0 bridgehead atoms. The van der Waals surface area contributed by atoms with Crippen molar-refractivity contribution in [1.29, 1.82) is 0 Å². The number of likely N-dealkylation sites (tertiary alicyclic amines) is 1. The van der Waals surface area contributed by atoms with Crippen molar-refractivity contribution >= 4 is 41.0 Å². The van der Waals surface area contributed by atoms with Crippen LogP contribution in [0.5, 0.6) is 23.0 Å². The highest BCUT2D eigenvalue weighted by molar-refractivity contribution is 7.80. The van der Waals surface area contributed by atoms with Crippen molar-refractivity contribution < 1.29 is 24.5 Å². The summed E-state index contributed by atoms with van der Waals surface area (Å²) in [7, 11) is 2.94. The lowest BCUT2D eigenvalue weighted by Gasteiger charge is -2.32. The molecule has 1 aliphatic rings. The number of Topliss-reactive ketones (excluding diaryl/α,β-unsaturated/α-hetero) is 1. The quantitative estimate of drug-likeness (QED) is 0.337. The van der Waals surface area contributed by atoms with Crippen molar-refractivity contribution in [1.82, 2.24) is 4.90 Å². The number of benzene rings is 3. The lowest BCUT2D eigenvalue weighted by Crippen LogP contribution is -2.43. The molecule has 0 saturated carbocycles. The molecule has 1 fully saturated rings. The second-order valence-electron chi connectivity index (χ2n) is 8.18. The largest absolute Gasteiger partial charge is 0.504 e. The number of ether oxygens (including phenoxy) is 2. The molecule has 1 aliphatic heterocycles. The normalized spacial score (nSPS) is 15.7. The summed E-state index contributed by atoms with van der Waals surface area (Å²) in [5, 5.41) is 23.6. The Balaban J connectivity index is 1.71. The zero-order valence-electron chi connectivity index (χ0n) is 19.9. The third-order valence-corrected chi connectivity index (χ3v) is 6.07. The molecule has 184 valence electrons. The van der Waals surface area contributed by atoms with Gasteiger partial charge in [-0.3, -0.25) is 4.79 Å². The SMILES string of the molecule is COc1cc(C=C2CN(C(=S)Nc3ccccc3)CC(=Cc3ccc(O)c(OC)c3)C2=O)ccc1O. The number of phenols is 2. The van der Waals surface area contributed by atoms with Crippen molar-refractivity contribution in [3.05, 3.63) is 89.0 Å². The molecule has 0 atom stereocenters. The van der Waals surface area contributed by atoms with E-state index in [1.54, 1.807) is 36.4 Å². The molecule has 3 aromatic rings. The van der Waals surface area contributed by atoms with Gasteiger partial charge in [0.15, 0.2) is 33.9 Å². The van der Waals surface area contributed by atoms with Gasteiger partial charge in [-0.2, -0.15) is 0 Å². The van der Waals surface area contributed by atoms with Crippen molar-refractivity contribution in [2.45, 2.75) is 0 Å². The monoisotopic (exact) mass is 502 g/mol. The van der Waals surface area contributed by atoms with Crippen LogP contribution in [-0.2, 0) is 4.79 Å². The van der Waals surface area contributed by atoms with E-state index in [2.05, 4.69) is 5.32 Å². The van der Waals surface area contributed by atoms with E-state index in [9.17, 15) is 15.0 Å². The number of carbonyl (C=O) groups excluding carboxylic acids is 1. The summed E-state index contributed by atoms with van der Waals surface area (Å²) in [5.41, 5.74) is 3.33. The van der Waals surface area contributed by atoms with Gasteiger partial charge in [0, 0.05) is 29.9 Å².